The van der Waals surface area contributed by atoms with Crippen LogP contribution in [0.3, 0.4) is 0 Å². The van der Waals surface area contributed by atoms with Crippen LogP contribution in [0.5, 0.6) is 0 Å². The van der Waals surface area contributed by atoms with E-state index in [1.165, 1.54) is 17.4 Å². The first-order valence-electron chi connectivity index (χ1n) is 10.4. The number of amides is 2. The van der Waals surface area contributed by atoms with Crippen LogP contribution in [-0.4, -0.2) is 14.4 Å². The largest absolute Gasteiger partial charge is 0.323 e. The highest BCUT2D eigenvalue weighted by atomic mass is 32.2. The summed E-state index contributed by atoms with van der Waals surface area (Å²) in [7, 11) is -3.60. The normalized spacial score (nSPS) is 11.2. The van der Waals surface area contributed by atoms with E-state index in [0.29, 0.717) is 16.9 Å². The molecule has 0 bridgehead atoms. The third-order valence-corrected chi connectivity index (χ3v) is 7.64. The Hall–Kier alpha value is -3.42. The monoisotopic (exact) mass is 476 g/mol. The molecule has 0 saturated carbocycles. The summed E-state index contributed by atoms with van der Waals surface area (Å²) in [5, 5.41) is 9.63. The zero-order valence-electron chi connectivity index (χ0n) is 18.3. The van der Waals surface area contributed by atoms with Gasteiger partial charge in [0.1, 0.15) is 0 Å². The summed E-state index contributed by atoms with van der Waals surface area (Å²) in [5.41, 5.74) is 5.49. The molecule has 0 saturated heterocycles. The fourth-order valence-corrected chi connectivity index (χ4v) is 5.54. The summed E-state index contributed by atoms with van der Waals surface area (Å²) < 4.78 is 26.2. The maximum atomic E-state index is 13.1. The van der Waals surface area contributed by atoms with Crippen LogP contribution in [0.15, 0.2) is 88.5 Å². The number of urea groups is 1. The van der Waals surface area contributed by atoms with Gasteiger partial charge in [-0.25, -0.2) is 13.2 Å². The number of carbonyl (C=O) groups excluding carboxylic acids is 1. The average Bonchev–Trinajstić information content (AvgIpc) is 3.31. The van der Waals surface area contributed by atoms with Crippen LogP contribution in [0.4, 0.5) is 16.2 Å². The number of anilines is 2. The number of hydrogen-bond acceptors (Lipinski definition) is 4. The highest BCUT2D eigenvalue weighted by molar-refractivity contribution is 7.90. The predicted octanol–water partition coefficient (Wildman–Crippen LogP) is 6.65. The fourth-order valence-electron chi connectivity index (χ4n) is 3.51. The molecular weight excluding hydrogens is 452 g/mol. The van der Waals surface area contributed by atoms with Gasteiger partial charge in [-0.1, -0.05) is 48.5 Å². The number of nitrogens with one attached hydrogen (secondary N) is 2. The molecule has 0 spiro atoms. The van der Waals surface area contributed by atoms with Gasteiger partial charge in [-0.3, -0.25) is 0 Å². The van der Waals surface area contributed by atoms with Crippen LogP contribution in [-0.2, 0) is 15.6 Å². The number of aryl methyl sites for hydroxylation is 2. The first kappa shape index (κ1) is 22.8. The molecule has 0 aliphatic carbocycles. The van der Waals surface area contributed by atoms with Crippen LogP contribution < -0.4 is 10.6 Å². The van der Waals surface area contributed by atoms with E-state index in [1.54, 1.807) is 24.3 Å². The van der Waals surface area contributed by atoms with Crippen LogP contribution in [0.1, 0.15) is 16.7 Å². The van der Waals surface area contributed by atoms with Gasteiger partial charge in [0.25, 0.3) is 0 Å². The van der Waals surface area contributed by atoms with E-state index in [-0.39, 0.29) is 10.6 Å². The molecule has 4 aromatic rings. The van der Waals surface area contributed by atoms with Crippen LogP contribution in [0, 0.1) is 13.8 Å². The standard InChI is InChI=1S/C26H24N2O3S2/c1-18-8-9-19(2)24(14-18)27-26(29)28-25-15-22(10-11-23(25)21-12-13-32-16-21)33(30,31)17-20-6-4-3-5-7-20/h3-16H,17H2,1-2H3,(H2,27,28,29). The summed E-state index contributed by atoms with van der Waals surface area (Å²) in [6.07, 6.45) is 0. The van der Waals surface area contributed by atoms with Crippen LogP contribution >= 0.6 is 11.3 Å². The van der Waals surface area contributed by atoms with Gasteiger partial charge in [0, 0.05) is 11.3 Å². The molecule has 2 amide bonds. The van der Waals surface area contributed by atoms with Crippen molar-refractivity contribution in [1.29, 1.82) is 0 Å². The number of sulfone groups is 1. The minimum absolute atomic E-state index is 0.111. The highest BCUT2D eigenvalue weighted by Crippen LogP contribution is 2.33. The summed E-state index contributed by atoms with van der Waals surface area (Å²) in [6, 6.07) is 21.3. The Labute approximate surface area is 198 Å². The molecule has 0 atom stereocenters. The lowest BCUT2D eigenvalue weighted by Crippen LogP contribution is -2.20. The molecule has 4 rings (SSSR count). The average molecular weight is 477 g/mol. The summed E-state index contributed by atoms with van der Waals surface area (Å²) >= 11 is 1.53. The number of carbonyl (C=O) groups is 1. The maximum Gasteiger partial charge on any atom is 0.323 e. The van der Waals surface area contributed by atoms with Gasteiger partial charge in [0.05, 0.1) is 16.3 Å². The molecule has 1 aromatic heterocycles. The Kier molecular flexibility index (Phi) is 6.62. The van der Waals surface area contributed by atoms with E-state index in [1.807, 2.05) is 67.1 Å². The van der Waals surface area contributed by atoms with Gasteiger partial charge in [0.15, 0.2) is 9.84 Å². The minimum Gasteiger partial charge on any atom is -0.307 e. The first-order chi connectivity index (χ1) is 15.8. The molecule has 3 aromatic carbocycles. The minimum atomic E-state index is -3.60. The quantitative estimate of drug-likeness (QED) is 0.327. The van der Waals surface area contributed by atoms with Crippen molar-refractivity contribution < 1.29 is 13.2 Å². The van der Waals surface area contributed by atoms with Crippen molar-refractivity contribution in [2.75, 3.05) is 10.6 Å². The van der Waals surface area contributed by atoms with Crippen molar-refractivity contribution in [3.63, 3.8) is 0 Å². The maximum absolute atomic E-state index is 13.1. The molecule has 168 valence electrons. The molecular formula is C26H24N2O3S2. The Balaban J connectivity index is 1.66. The SMILES string of the molecule is Cc1ccc(C)c(NC(=O)Nc2cc(S(=O)(=O)Cc3ccccc3)ccc2-c2ccsc2)c1. The number of rotatable bonds is 6. The van der Waals surface area contributed by atoms with Gasteiger partial charge in [0.2, 0.25) is 0 Å². The Bertz CT molecular complexity index is 1380. The smallest absolute Gasteiger partial charge is 0.307 e. The topological polar surface area (TPSA) is 75.3 Å². The van der Waals surface area contributed by atoms with Crippen LogP contribution in [0.25, 0.3) is 11.1 Å². The van der Waals surface area contributed by atoms with Crippen molar-refractivity contribution >= 4 is 38.6 Å². The number of hydrogen-bond donors (Lipinski definition) is 2. The predicted molar refractivity (Wildman–Crippen MR) is 136 cm³/mol. The molecule has 7 heteroatoms. The van der Waals surface area contributed by atoms with E-state index in [2.05, 4.69) is 10.6 Å². The molecule has 0 radical (unpaired) electrons. The van der Waals surface area contributed by atoms with Crippen molar-refractivity contribution in [3.8, 4) is 11.1 Å². The second kappa shape index (κ2) is 9.60. The van der Waals surface area contributed by atoms with E-state index >= 15 is 0 Å². The first-order valence-corrected chi connectivity index (χ1v) is 13.0. The lowest BCUT2D eigenvalue weighted by atomic mass is 10.1. The molecule has 0 fully saturated rings. The van der Waals surface area contributed by atoms with Crippen molar-refractivity contribution in [3.05, 3.63) is 100 Å². The van der Waals surface area contributed by atoms with Crippen LogP contribution in [0.2, 0.25) is 0 Å². The van der Waals surface area contributed by atoms with E-state index in [4.69, 9.17) is 0 Å². The Morgan fingerprint density at radius 2 is 1.64 bits per heavy atom. The van der Waals surface area contributed by atoms with Crippen molar-refractivity contribution in [2.24, 2.45) is 0 Å². The Morgan fingerprint density at radius 1 is 0.879 bits per heavy atom. The zero-order chi connectivity index (χ0) is 23.4. The highest BCUT2D eigenvalue weighted by Gasteiger charge is 2.19. The second-order valence-electron chi connectivity index (χ2n) is 7.86. The van der Waals surface area contributed by atoms with Crippen molar-refractivity contribution in [1.82, 2.24) is 0 Å². The molecule has 0 aliphatic rings. The molecule has 2 N–H and O–H groups in total. The van der Waals surface area contributed by atoms with Gasteiger partial charge in [-0.2, -0.15) is 11.3 Å². The number of benzene rings is 3. The molecule has 0 unspecified atom stereocenters. The zero-order valence-corrected chi connectivity index (χ0v) is 20.0. The van der Waals surface area contributed by atoms with Crippen molar-refractivity contribution in [2.45, 2.75) is 24.5 Å². The third kappa shape index (κ3) is 5.50. The van der Waals surface area contributed by atoms with Gasteiger partial charge < -0.3 is 10.6 Å². The van der Waals surface area contributed by atoms with E-state index in [0.717, 1.165) is 22.3 Å². The summed E-state index contributed by atoms with van der Waals surface area (Å²) in [4.78, 5) is 13.0. The number of thiophene rings is 1. The van der Waals surface area contributed by atoms with E-state index < -0.39 is 15.9 Å². The fraction of sp³-hybridized carbons (Fsp3) is 0.115. The summed E-state index contributed by atoms with van der Waals surface area (Å²) in [5.74, 6) is -0.111. The lowest BCUT2D eigenvalue weighted by molar-refractivity contribution is 0.262. The third-order valence-electron chi connectivity index (χ3n) is 5.27. The van der Waals surface area contributed by atoms with Gasteiger partial charge >= 0.3 is 6.03 Å². The second-order valence-corrected chi connectivity index (χ2v) is 10.6. The molecule has 5 nitrogen and oxygen atoms in total. The lowest BCUT2D eigenvalue weighted by Gasteiger charge is -2.15. The van der Waals surface area contributed by atoms with Gasteiger partial charge in [-0.05, 0) is 71.1 Å². The Morgan fingerprint density at radius 3 is 2.36 bits per heavy atom. The van der Waals surface area contributed by atoms with E-state index in [9.17, 15) is 13.2 Å². The van der Waals surface area contributed by atoms with Gasteiger partial charge in [-0.15, -0.1) is 0 Å². The molecule has 1 heterocycles. The molecule has 33 heavy (non-hydrogen) atoms. The molecule has 0 aliphatic heterocycles. The summed E-state index contributed by atoms with van der Waals surface area (Å²) in [6.45, 7) is 3.88.